The van der Waals surface area contributed by atoms with Crippen LogP contribution in [0.5, 0.6) is 0 Å². The number of nitrogens with zero attached hydrogens (tertiary/aromatic N) is 2. The van der Waals surface area contributed by atoms with Crippen molar-refractivity contribution in [2.45, 2.75) is 11.8 Å². The second-order valence-electron chi connectivity index (χ2n) is 3.19. The normalized spacial score (nSPS) is 10.1. The van der Waals surface area contributed by atoms with E-state index in [1.807, 2.05) is 34.4 Å². The predicted octanol–water partition coefficient (Wildman–Crippen LogP) is 2.40. The number of amides is 1. The Morgan fingerprint density at radius 1 is 1.44 bits per heavy atom. The molecule has 1 amide bonds. The average Bonchev–Trinajstić information content (AvgIpc) is 2.73. The molecule has 82 valence electrons. The van der Waals surface area contributed by atoms with E-state index in [0.29, 0.717) is 0 Å². The third-order valence-electron chi connectivity index (χ3n) is 1.88. The molecule has 0 spiro atoms. The molecule has 0 aliphatic carbocycles. The molecule has 4 nitrogen and oxygen atoms in total. The fourth-order valence-corrected chi connectivity index (χ4v) is 2.05. The van der Waals surface area contributed by atoms with Gasteiger partial charge in [-0.2, -0.15) is 0 Å². The molecule has 1 heterocycles. The standard InChI is InChI=1S/C11H11N3OS/c1-9(15)13-10-4-2-3-5-11(10)16-14-7-6-12-8-14/h2-8H,1H3,(H,13,15). The lowest BCUT2D eigenvalue weighted by atomic mass is 10.3. The van der Waals surface area contributed by atoms with Gasteiger partial charge < -0.3 is 5.32 Å². The van der Waals surface area contributed by atoms with Crippen molar-refractivity contribution in [1.29, 1.82) is 0 Å². The number of hydrogen-bond donors (Lipinski definition) is 1. The minimum atomic E-state index is -0.0707. The molecule has 2 rings (SSSR count). The zero-order valence-electron chi connectivity index (χ0n) is 8.75. The Hall–Kier alpha value is -1.75. The lowest BCUT2D eigenvalue weighted by Gasteiger charge is -2.08. The molecule has 0 saturated carbocycles. The summed E-state index contributed by atoms with van der Waals surface area (Å²) >= 11 is 1.50. The molecule has 0 aliphatic rings. The van der Waals surface area contributed by atoms with E-state index in [-0.39, 0.29) is 5.91 Å². The van der Waals surface area contributed by atoms with Gasteiger partial charge >= 0.3 is 0 Å². The van der Waals surface area contributed by atoms with Crippen LogP contribution < -0.4 is 5.32 Å². The number of imidazole rings is 1. The van der Waals surface area contributed by atoms with Gasteiger partial charge in [-0.3, -0.25) is 8.77 Å². The Morgan fingerprint density at radius 3 is 2.94 bits per heavy atom. The molecule has 0 saturated heterocycles. The monoisotopic (exact) mass is 233 g/mol. The average molecular weight is 233 g/mol. The number of hydrogen-bond acceptors (Lipinski definition) is 3. The number of para-hydroxylation sites is 1. The molecule has 0 bridgehead atoms. The van der Waals surface area contributed by atoms with Crippen LogP contribution in [-0.2, 0) is 4.79 Å². The molecule has 2 aromatic rings. The number of aromatic nitrogens is 2. The minimum Gasteiger partial charge on any atom is -0.325 e. The number of carbonyl (C=O) groups excluding carboxylic acids is 1. The molecule has 0 aliphatic heterocycles. The van der Waals surface area contributed by atoms with Gasteiger partial charge in [-0.25, -0.2) is 4.98 Å². The van der Waals surface area contributed by atoms with E-state index in [0.717, 1.165) is 10.6 Å². The van der Waals surface area contributed by atoms with Gasteiger partial charge in [-0.05, 0) is 24.1 Å². The van der Waals surface area contributed by atoms with Crippen molar-refractivity contribution in [3.63, 3.8) is 0 Å². The van der Waals surface area contributed by atoms with Gasteiger partial charge in [0.2, 0.25) is 5.91 Å². The fraction of sp³-hybridized carbons (Fsp3) is 0.0909. The summed E-state index contributed by atoms with van der Waals surface area (Å²) in [7, 11) is 0. The molecule has 5 heteroatoms. The van der Waals surface area contributed by atoms with Crippen LogP contribution >= 0.6 is 11.9 Å². The molecular formula is C11H11N3OS. The summed E-state index contributed by atoms with van der Waals surface area (Å²) < 4.78 is 1.88. The van der Waals surface area contributed by atoms with Crippen LogP contribution in [0, 0.1) is 0 Å². The SMILES string of the molecule is CC(=O)Nc1ccccc1Sn1ccnc1. The van der Waals surface area contributed by atoms with E-state index < -0.39 is 0 Å². The number of carbonyl (C=O) groups is 1. The molecule has 0 fully saturated rings. The van der Waals surface area contributed by atoms with Crippen molar-refractivity contribution in [2.24, 2.45) is 0 Å². The first-order valence-corrected chi connectivity index (χ1v) is 5.56. The maximum Gasteiger partial charge on any atom is 0.221 e. The van der Waals surface area contributed by atoms with E-state index in [1.54, 1.807) is 12.5 Å². The second-order valence-corrected chi connectivity index (χ2v) is 4.24. The smallest absolute Gasteiger partial charge is 0.221 e. The van der Waals surface area contributed by atoms with Crippen LogP contribution in [0.25, 0.3) is 0 Å². The predicted molar refractivity (Wildman–Crippen MR) is 64.2 cm³/mol. The van der Waals surface area contributed by atoms with Crippen LogP contribution in [-0.4, -0.2) is 14.9 Å². The molecular weight excluding hydrogens is 222 g/mol. The number of benzene rings is 1. The van der Waals surface area contributed by atoms with Crippen molar-refractivity contribution in [3.8, 4) is 0 Å². The van der Waals surface area contributed by atoms with Gasteiger partial charge in [0.1, 0.15) is 6.33 Å². The number of nitrogens with one attached hydrogen (secondary N) is 1. The Bertz CT molecular complexity index is 482. The van der Waals surface area contributed by atoms with E-state index in [1.165, 1.54) is 18.9 Å². The van der Waals surface area contributed by atoms with Crippen LogP contribution in [0.15, 0.2) is 47.9 Å². The molecule has 1 N–H and O–H groups in total. The van der Waals surface area contributed by atoms with E-state index in [9.17, 15) is 4.79 Å². The molecule has 1 aromatic heterocycles. The molecule has 0 radical (unpaired) electrons. The van der Waals surface area contributed by atoms with Gasteiger partial charge in [-0.1, -0.05) is 12.1 Å². The van der Waals surface area contributed by atoms with Gasteiger partial charge in [-0.15, -0.1) is 0 Å². The minimum absolute atomic E-state index is 0.0707. The summed E-state index contributed by atoms with van der Waals surface area (Å²) in [6.07, 6.45) is 5.29. The number of anilines is 1. The van der Waals surface area contributed by atoms with E-state index in [4.69, 9.17) is 0 Å². The van der Waals surface area contributed by atoms with Crippen LogP contribution in [0.4, 0.5) is 5.69 Å². The summed E-state index contributed by atoms with van der Waals surface area (Å²) in [6.45, 7) is 1.50. The topological polar surface area (TPSA) is 46.9 Å². The van der Waals surface area contributed by atoms with Crippen LogP contribution in [0.1, 0.15) is 6.92 Å². The van der Waals surface area contributed by atoms with Crippen molar-refractivity contribution < 1.29 is 4.79 Å². The highest BCUT2D eigenvalue weighted by Gasteiger charge is 2.04. The Labute approximate surface area is 97.8 Å². The van der Waals surface area contributed by atoms with Gasteiger partial charge in [0.05, 0.1) is 10.6 Å². The maximum atomic E-state index is 11.0. The van der Waals surface area contributed by atoms with Crippen molar-refractivity contribution in [2.75, 3.05) is 5.32 Å². The molecule has 16 heavy (non-hydrogen) atoms. The van der Waals surface area contributed by atoms with Crippen LogP contribution in [0.2, 0.25) is 0 Å². The molecule has 1 aromatic carbocycles. The summed E-state index contributed by atoms with van der Waals surface area (Å²) in [5.41, 5.74) is 0.814. The van der Waals surface area contributed by atoms with Crippen molar-refractivity contribution in [1.82, 2.24) is 8.96 Å². The third kappa shape index (κ3) is 2.64. The van der Waals surface area contributed by atoms with Gasteiger partial charge in [0.15, 0.2) is 0 Å². The summed E-state index contributed by atoms with van der Waals surface area (Å²) in [4.78, 5) is 16.0. The van der Waals surface area contributed by atoms with Gasteiger partial charge in [0, 0.05) is 19.3 Å². The summed E-state index contributed by atoms with van der Waals surface area (Å²) in [6, 6.07) is 7.66. The van der Waals surface area contributed by atoms with Crippen molar-refractivity contribution >= 4 is 23.5 Å². The fourth-order valence-electron chi connectivity index (χ4n) is 1.25. The van der Waals surface area contributed by atoms with Gasteiger partial charge in [0.25, 0.3) is 0 Å². The zero-order valence-corrected chi connectivity index (χ0v) is 9.57. The highest BCUT2D eigenvalue weighted by molar-refractivity contribution is 7.98. The van der Waals surface area contributed by atoms with Crippen LogP contribution in [0.3, 0.4) is 0 Å². The zero-order chi connectivity index (χ0) is 11.4. The summed E-state index contributed by atoms with van der Waals surface area (Å²) in [5.74, 6) is -0.0707. The molecule has 0 unspecified atom stereocenters. The van der Waals surface area contributed by atoms with Crippen molar-refractivity contribution in [3.05, 3.63) is 43.0 Å². The first kappa shape index (κ1) is 10.8. The highest BCUT2D eigenvalue weighted by Crippen LogP contribution is 2.27. The highest BCUT2D eigenvalue weighted by atomic mass is 32.2. The Balaban J connectivity index is 2.22. The molecule has 0 atom stereocenters. The lowest BCUT2D eigenvalue weighted by molar-refractivity contribution is -0.114. The lowest BCUT2D eigenvalue weighted by Crippen LogP contribution is -2.06. The Morgan fingerprint density at radius 2 is 2.25 bits per heavy atom. The quantitative estimate of drug-likeness (QED) is 0.885. The maximum absolute atomic E-state index is 11.0. The van der Waals surface area contributed by atoms with E-state index >= 15 is 0 Å². The first-order valence-electron chi connectivity index (χ1n) is 4.78. The summed E-state index contributed by atoms with van der Waals surface area (Å²) in [5, 5.41) is 2.79. The largest absolute Gasteiger partial charge is 0.325 e. The second kappa shape index (κ2) is 4.85. The number of rotatable bonds is 3. The third-order valence-corrected chi connectivity index (χ3v) is 2.86. The Kier molecular flexibility index (Phi) is 3.26. The first-order chi connectivity index (χ1) is 7.75. The van der Waals surface area contributed by atoms with E-state index in [2.05, 4.69) is 10.3 Å².